The topological polar surface area (TPSA) is 97.5 Å². The summed E-state index contributed by atoms with van der Waals surface area (Å²) in [5.74, 6) is -1.05. The van der Waals surface area contributed by atoms with Gasteiger partial charge < -0.3 is 14.7 Å². The van der Waals surface area contributed by atoms with Gasteiger partial charge in [-0.1, -0.05) is 12.1 Å². The van der Waals surface area contributed by atoms with Gasteiger partial charge in [-0.15, -0.1) is 0 Å². The highest BCUT2D eigenvalue weighted by Gasteiger charge is 2.22. The molecule has 8 heteroatoms. The molecule has 4 aromatic rings. The minimum absolute atomic E-state index is 0.0592. The highest BCUT2D eigenvalue weighted by Crippen LogP contribution is 2.28. The van der Waals surface area contributed by atoms with Gasteiger partial charge in [-0.3, -0.25) is 14.3 Å². The normalized spacial score (nSPS) is 13.9. The van der Waals surface area contributed by atoms with E-state index in [2.05, 4.69) is 9.97 Å². The number of carbonyl (C=O) groups excluding carboxylic acids is 1. The summed E-state index contributed by atoms with van der Waals surface area (Å²) >= 11 is 0. The Bertz CT molecular complexity index is 1320. The fourth-order valence-electron chi connectivity index (χ4n) is 3.93. The van der Waals surface area contributed by atoms with Gasteiger partial charge in [-0.2, -0.15) is 0 Å². The number of fused-ring (bicyclic) bond motifs is 1. The molecular weight excluding hydrogens is 408 g/mol. The second kappa shape index (κ2) is 8.24. The van der Waals surface area contributed by atoms with Crippen LogP contribution in [0.25, 0.3) is 27.8 Å². The quantitative estimate of drug-likeness (QED) is 0.536. The van der Waals surface area contributed by atoms with Gasteiger partial charge in [-0.05, 0) is 47.5 Å². The number of imidazole rings is 1. The van der Waals surface area contributed by atoms with Crippen LogP contribution in [-0.4, -0.2) is 62.7 Å². The lowest BCUT2D eigenvalue weighted by Gasteiger charge is -2.27. The van der Waals surface area contributed by atoms with Gasteiger partial charge in [0.25, 0.3) is 5.91 Å². The van der Waals surface area contributed by atoms with Crippen LogP contribution >= 0.6 is 0 Å². The molecule has 0 unspecified atom stereocenters. The summed E-state index contributed by atoms with van der Waals surface area (Å²) in [6.45, 7) is 2.20. The number of amides is 1. The van der Waals surface area contributed by atoms with Crippen molar-refractivity contribution in [2.24, 2.45) is 0 Å². The number of carboxylic acid groups (broad SMARTS) is 1. The first-order chi connectivity index (χ1) is 15.6. The van der Waals surface area contributed by atoms with Crippen molar-refractivity contribution in [3.8, 4) is 16.8 Å². The van der Waals surface area contributed by atoms with E-state index in [0.717, 1.165) is 22.3 Å². The molecule has 0 spiro atoms. The highest BCUT2D eigenvalue weighted by molar-refractivity contribution is 6.00. The van der Waals surface area contributed by atoms with Crippen LogP contribution in [0, 0.1) is 0 Å². The maximum atomic E-state index is 13.1. The number of carboxylic acids is 1. The molecule has 0 radical (unpaired) electrons. The predicted molar refractivity (Wildman–Crippen MR) is 118 cm³/mol. The number of benzene rings is 2. The van der Waals surface area contributed by atoms with Crippen LogP contribution in [0.4, 0.5) is 0 Å². The lowest BCUT2D eigenvalue weighted by Crippen LogP contribution is -2.40. The Hall–Kier alpha value is -4.04. The van der Waals surface area contributed by atoms with E-state index in [0.29, 0.717) is 37.4 Å². The minimum Gasteiger partial charge on any atom is -0.478 e. The first-order valence-electron chi connectivity index (χ1n) is 10.2. The van der Waals surface area contributed by atoms with E-state index in [9.17, 15) is 14.7 Å². The summed E-state index contributed by atoms with van der Waals surface area (Å²) < 4.78 is 7.26. The van der Waals surface area contributed by atoms with Crippen molar-refractivity contribution in [3.05, 3.63) is 78.4 Å². The Morgan fingerprint density at radius 2 is 1.88 bits per heavy atom. The molecule has 160 valence electrons. The number of ether oxygens (including phenoxy) is 1. The molecule has 5 rings (SSSR count). The van der Waals surface area contributed by atoms with Crippen molar-refractivity contribution in [3.63, 3.8) is 0 Å². The van der Waals surface area contributed by atoms with Crippen molar-refractivity contribution in [2.45, 2.75) is 0 Å². The van der Waals surface area contributed by atoms with Crippen LogP contribution in [0.5, 0.6) is 0 Å². The van der Waals surface area contributed by atoms with Crippen LogP contribution in [-0.2, 0) is 4.74 Å². The molecule has 1 saturated heterocycles. The van der Waals surface area contributed by atoms with Crippen molar-refractivity contribution >= 4 is 22.9 Å². The number of rotatable bonds is 4. The van der Waals surface area contributed by atoms with E-state index >= 15 is 0 Å². The lowest BCUT2D eigenvalue weighted by atomic mass is 10.00. The van der Waals surface area contributed by atoms with Crippen molar-refractivity contribution in [1.82, 2.24) is 19.4 Å². The third-order valence-electron chi connectivity index (χ3n) is 5.58. The Kier molecular flexibility index (Phi) is 5.12. The summed E-state index contributed by atoms with van der Waals surface area (Å²) in [6, 6.07) is 14.5. The molecule has 0 saturated carbocycles. The minimum atomic E-state index is -0.987. The average molecular weight is 428 g/mol. The van der Waals surface area contributed by atoms with Gasteiger partial charge in [0.05, 0.1) is 35.4 Å². The van der Waals surface area contributed by atoms with E-state index in [1.807, 2.05) is 34.9 Å². The number of aromatic carboxylic acids is 1. The summed E-state index contributed by atoms with van der Waals surface area (Å²) in [5.41, 5.74) is 4.68. The molecular formula is C24H20N4O4. The number of morpholine rings is 1. The molecule has 0 bridgehead atoms. The van der Waals surface area contributed by atoms with Crippen molar-refractivity contribution in [1.29, 1.82) is 0 Å². The van der Waals surface area contributed by atoms with Crippen LogP contribution < -0.4 is 0 Å². The second-order valence-electron chi connectivity index (χ2n) is 7.50. The molecule has 2 aromatic carbocycles. The number of hydrogen-bond acceptors (Lipinski definition) is 5. The molecule has 1 amide bonds. The van der Waals surface area contributed by atoms with Crippen LogP contribution in [0.15, 0.2) is 67.3 Å². The van der Waals surface area contributed by atoms with Crippen LogP contribution in [0.3, 0.4) is 0 Å². The van der Waals surface area contributed by atoms with Gasteiger partial charge in [-0.25, -0.2) is 9.78 Å². The summed E-state index contributed by atoms with van der Waals surface area (Å²) in [5, 5.41) is 9.22. The molecule has 32 heavy (non-hydrogen) atoms. The zero-order valence-electron chi connectivity index (χ0n) is 17.1. The maximum Gasteiger partial charge on any atom is 0.335 e. The summed E-state index contributed by atoms with van der Waals surface area (Å²) in [4.78, 5) is 34.7. The van der Waals surface area contributed by atoms with Gasteiger partial charge in [0.2, 0.25) is 0 Å². The maximum absolute atomic E-state index is 13.1. The molecule has 8 nitrogen and oxygen atoms in total. The van der Waals surface area contributed by atoms with Crippen molar-refractivity contribution in [2.75, 3.05) is 26.3 Å². The molecule has 0 atom stereocenters. The highest BCUT2D eigenvalue weighted by atomic mass is 16.5. The zero-order valence-corrected chi connectivity index (χ0v) is 17.1. The Labute approximate surface area is 183 Å². The Morgan fingerprint density at radius 1 is 1.03 bits per heavy atom. The smallest absolute Gasteiger partial charge is 0.335 e. The van der Waals surface area contributed by atoms with Gasteiger partial charge in [0, 0.05) is 31.2 Å². The SMILES string of the molecule is O=C(O)c1ccc2c(c1)ncn2-c1cccc(-c2ccncc2C(=O)N2CCOCC2)c1. The van der Waals surface area contributed by atoms with Gasteiger partial charge in [0.15, 0.2) is 0 Å². The fraction of sp³-hybridized carbons (Fsp3) is 0.167. The van der Waals surface area contributed by atoms with E-state index in [-0.39, 0.29) is 11.5 Å². The number of nitrogens with zero attached hydrogens (tertiary/aromatic N) is 4. The summed E-state index contributed by atoms with van der Waals surface area (Å²) in [7, 11) is 0. The molecule has 2 aromatic heterocycles. The van der Waals surface area contributed by atoms with E-state index in [1.165, 1.54) is 0 Å². The predicted octanol–water partition coefficient (Wildman–Crippen LogP) is 3.26. The number of pyridine rings is 1. The fourth-order valence-corrected chi connectivity index (χ4v) is 3.93. The van der Waals surface area contributed by atoms with Gasteiger partial charge >= 0.3 is 5.97 Å². The first-order valence-corrected chi connectivity index (χ1v) is 10.2. The van der Waals surface area contributed by atoms with Gasteiger partial charge in [0.1, 0.15) is 6.33 Å². The monoisotopic (exact) mass is 428 g/mol. The zero-order chi connectivity index (χ0) is 22.1. The summed E-state index contributed by atoms with van der Waals surface area (Å²) in [6.07, 6.45) is 4.96. The van der Waals surface area contributed by atoms with Crippen LogP contribution in [0.2, 0.25) is 0 Å². The molecule has 1 N–H and O–H groups in total. The lowest BCUT2D eigenvalue weighted by molar-refractivity contribution is 0.0303. The average Bonchev–Trinajstić information content (AvgIpc) is 3.27. The molecule has 1 fully saturated rings. The Morgan fingerprint density at radius 3 is 2.69 bits per heavy atom. The van der Waals surface area contributed by atoms with E-state index in [1.54, 1.807) is 41.8 Å². The first kappa shape index (κ1) is 19.9. The molecule has 0 aliphatic carbocycles. The second-order valence-corrected chi connectivity index (χ2v) is 7.50. The molecule has 1 aliphatic rings. The number of carbonyl (C=O) groups is 2. The largest absolute Gasteiger partial charge is 0.478 e. The number of hydrogen-bond donors (Lipinski definition) is 1. The van der Waals surface area contributed by atoms with Crippen LogP contribution in [0.1, 0.15) is 20.7 Å². The van der Waals surface area contributed by atoms with E-state index in [4.69, 9.17) is 4.74 Å². The molecule has 1 aliphatic heterocycles. The molecule has 3 heterocycles. The van der Waals surface area contributed by atoms with Crippen molar-refractivity contribution < 1.29 is 19.4 Å². The Balaban J connectivity index is 1.54. The van der Waals surface area contributed by atoms with E-state index < -0.39 is 5.97 Å². The third kappa shape index (κ3) is 3.61. The standard InChI is InChI=1S/C24H20N4O4/c29-23(27-8-10-32-11-9-27)20-14-25-7-6-19(20)16-2-1-3-18(12-16)28-15-26-21-13-17(24(30)31)4-5-22(21)28/h1-7,12-15H,8-11H2,(H,30,31). The number of aromatic nitrogens is 3. The third-order valence-corrected chi connectivity index (χ3v) is 5.58.